The molecule has 1 aliphatic rings. The predicted molar refractivity (Wildman–Crippen MR) is 61.6 cm³/mol. The monoisotopic (exact) mass is 250 g/mol. The molecule has 17 heavy (non-hydrogen) atoms. The Morgan fingerprint density at radius 2 is 1.94 bits per heavy atom. The lowest BCUT2D eigenvalue weighted by molar-refractivity contribution is -0.207. The summed E-state index contributed by atoms with van der Waals surface area (Å²) in [6.45, 7) is 5.53. The van der Waals surface area contributed by atoms with Crippen LogP contribution in [0.1, 0.15) is 45.4 Å². The lowest BCUT2D eigenvalue weighted by atomic mass is 9.74. The van der Waals surface area contributed by atoms with Crippen molar-refractivity contribution in [2.45, 2.75) is 57.7 Å². The fourth-order valence-electron chi connectivity index (χ4n) is 2.63. The highest BCUT2D eigenvalue weighted by molar-refractivity contribution is 4.91. The van der Waals surface area contributed by atoms with Gasteiger partial charge in [-0.3, -0.25) is 0 Å². The lowest BCUT2D eigenvalue weighted by Gasteiger charge is -2.36. The van der Waals surface area contributed by atoms with E-state index < -0.39 is 24.1 Å². The van der Waals surface area contributed by atoms with Crippen molar-refractivity contribution in [2.24, 2.45) is 11.8 Å². The van der Waals surface area contributed by atoms with E-state index in [0.717, 1.165) is 12.0 Å². The minimum Gasteiger partial charge on any atom is -0.393 e. The Hall–Kier alpha value is -0.510. The summed E-state index contributed by atoms with van der Waals surface area (Å²) in [5, 5.41) is 9.92. The summed E-state index contributed by atoms with van der Waals surface area (Å²) in [4.78, 5) is 0. The molecule has 0 saturated heterocycles. The van der Waals surface area contributed by atoms with E-state index in [4.69, 9.17) is 0 Å². The van der Waals surface area contributed by atoms with Gasteiger partial charge in [-0.05, 0) is 38.5 Å². The van der Waals surface area contributed by atoms with Crippen molar-refractivity contribution >= 4 is 0 Å². The molecular weight excluding hydrogens is 229 g/mol. The van der Waals surface area contributed by atoms with Crippen LogP contribution in [0.3, 0.4) is 0 Å². The second-order valence-corrected chi connectivity index (χ2v) is 5.16. The number of aliphatic hydroxyl groups excluding tert-OH is 1. The molecule has 1 nitrogen and oxygen atoms in total. The van der Waals surface area contributed by atoms with Gasteiger partial charge in [-0.2, -0.15) is 13.2 Å². The molecule has 0 heterocycles. The molecule has 3 unspecified atom stereocenters. The molecule has 0 bridgehead atoms. The van der Waals surface area contributed by atoms with E-state index in [-0.39, 0.29) is 6.42 Å². The molecule has 0 amide bonds. The number of rotatable bonds is 4. The third-order valence-electron chi connectivity index (χ3n) is 3.60. The standard InChI is InChI=1S/C13H21F3O/c1-9(2)7-8-12(17)10-5-3-4-6-11(10)13(14,15)16/h10-12,17H,1,3-8H2,2H3. The van der Waals surface area contributed by atoms with Gasteiger partial charge in [-0.15, -0.1) is 6.58 Å². The maximum absolute atomic E-state index is 12.8. The smallest absolute Gasteiger partial charge is 0.392 e. The molecule has 1 rings (SSSR count). The first kappa shape index (κ1) is 14.6. The number of allylic oxidation sites excluding steroid dienone is 1. The maximum atomic E-state index is 12.8. The van der Waals surface area contributed by atoms with Crippen LogP contribution < -0.4 is 0 Å². The molecule has 100 valence electrons. The van der Waals surface area contributed by atoms with Crippen LogP contribution in [-0.4, -0.2) is 17.4 Å². The molecule has 0 radical (unpaired) electrons. The van der Waals surface area contributed by atoms with Gasteiger partial charge in [0.25, 0.3) is 0 Å². The molecule has 0 aromatic heterocycles. The first-order valence-corrected chi connectivity index (χ1v) is 6.21. The number of alkyl halides is 3. The fraction of sp³-hybridized carbons (Fsp3) is 0.846. The Kier molecular flexibility index (Phi) is 5.04. The van der Waals surface area contributed by atoms with E-state index in [9.17, 15) is 18.3 Å². The molecular formula is C13H21F3O. The Morgan fingerprint density at radius 1 is 1.35 bits per heavy atom. The summed E-state index contributed by atoms with van der Waals surface area (Å²) in [6.07, 6.45) is -1.96. The van der Waals surface area contributed by atoms with Gasteiger partial charge in [0.05, 0.1) is 12.0 Å². The SMILES string of the molecule is C=C(C)CCC(O)C1CCCCC1C(F)(F)F. The Morgan fingerprint density at radius 3 is 2.47 bits per heavy atom. The topological polar surface area (TPSA) is 20.2 Å². The van der Waals surface area contributed by atoms with Crippen LogP contribution >= 0.6 is 0 Å². The quantitative estimate of drug-likeness (QED) is 0.746. The number of hydrogen-bond donors (Lipinski definition) is 1. The Balaban J connectivity index is 2.61. The largest absolute Gasteiger partial charge is 0.393 e. The van der Waals surface area contributed by atoms with Gasteiger partial charge in [0.15, 0.2) is 0 Å². The van der Waals surface area contributed by atoms with Crippen molar-refractivity contribution in [3.8, 4) is 0 Å². The third-order valence-corrected chi connectivity index (χ3v) is 3.60. The minimum absolute atomic E-state index is 0.165. The van der Waals surface area contributed by atoms with Crippen molar-refractivity contribution in [3.63, 3.8) is 0 Å². The number of aliphatic hydroxyl groups is 1. The summed E-state index contributed by atoms with van der Waals surface area (Å²) in [6, 6.07) is 0. The molecule has 4 heteroatoms. The van der Waals surface area contributed by atoms with E-state index >= 15 is 0 Å². The molecule has 1 N–H and O–H groups in total. The van der Waals surface area contributed by atoms with Gasteiger partial charge in [-0.25, -0.2) is 0 Å². The van der Waals surface area contributed by atoms with Gasteiger partial charge >= 0.3 is 6.18 Å². The molecule has 1 fully saturated rings. The van der Waals surface area contributed by atoms with Gasteiger partial charge in [0.1, 0.15) is 0 Å². The summed E-state index contributed by atoms with van der Waals surface area (Å²) < 4.78 is 38.5. The average molecular weight is 250 g/mol. The molecule has 0 aliphatic heterocycles. The van der Waals surface area contributed by atoms with Crippen LogP contribution in [0, 0.1) is 11.8 Å². The molecule has 0 aromatic rings. The minimum atomic E-state index is -4.17. The lowest BCUT2D eigenvalue weighted by Crippen LogP contribution is -2.39. The van der Waals surface area contributed by atoms with Gasteiger partial charge < -0.3 is 5.11 Å². The molecule has 3 atom stereocenters. The first-order valence-electron chi connectivity index (χ1n) is 6.21. The van der Waals surface area contributed by atoms with Crippen LogP contribution in [0.25, 0.3) is 0 Å². The highest BCUT2D eigenvalue weighted by Gasteiger charge is 2.47. The van der Waals surface area contributed by atoms with E-state index in [0.29, 0.717) is 25.7 Å². The van der Waals surface area contributed by atoms with Crippen molar-refractivity contribution in [3.05, 3.63) is 12.2 Å². The molecule has 1 saturated carbocycles. The van der Waals surface area contributed by atoms with E-state index in [1.807, 2.05) is 6.92 Å². The zero-order valence-corrected chi connectivity index (χ0v) is 10.3. The fourth-order valence-corrected chi connectivity index (χ4v) is 2.63. The Bertz CT molecular complexity index is 260. The van der Waals surface area contributed by atoms with Crippen LogP contribution in [-0.2, 0) is 0 Å². The zero-order valence-electron chi connectivity index (χ0n) is 10.3. The molecule has 0 aromatic carbocycles. The van der Waals surface area contributed by atoms with Gasteiger partial charge in [-0.1, -0.05) is 18.4 Å². The van der Waals surface area contributed by atoms with Gasteiger partial charge in [0, 0.05) is 0 Å². The van der Waals surface area contributed by atoms with Gasteiger partial charge in [0.2, 0.25) is 0 Å². The van der Waals surface area contributed by atoms with Crippen molar-refractivity contribution < 1.29 is 18.3 Å². The predicted octanol–water partition coefficient (Wildman–Crippen LogP) is 4.07. The average Bonchev–Trinajstić information content (AvgIpc) is 2.24. The zero-order chi connectivity index (χ0) is 13.1. The molecule has 0 spiro atoms. The highest BCUT2D eigenvalue weighted by Crippen LogP contribution is 2.43. The van der Waals surface area contributed by atoms with Crippen molar-refractivity contribution in [2.75, 3.05) is 0 Å². The third kappa shape index (κ3) is 4.34. The summed E-state index contributed by atoms with van der Waals surface area (Å²) in [5.74, 6) is -1.94. The van der Waals surface area contributed by atoms with Crippen LogP contribution in [0.4, 0.5) is 13.2 Å². The molecule has 1 aliphatic carbocycles. The second-order valence-electron chi connectivity index (χ2n) is 5.16. The summed E-state index contributed by atoms with van der Waals surface area (Å²) in [5.41, 5.74) is 0.906. The van der Waals surface area contributed by atoms with E-state index in [1.54, 1.807) is 0 Å². The normalized spacial score (nSPS) is 27.8. The van der Waals surface area contributed by atoms with Crippen LogP contribution in [0.5, 0.6) is 0 Å². The van der Waals surface area contributed by atoms with E-state index in [1.165, 1.54) is 0 Å². The number of hydrogen-bond acceptors (Lipinski definition) is 1. The van der Waals surface area contributed by atoms with Crippen molar-refractivity contribution in [1.29, 1.82) is 0 Å². The maximum Gasteiger partial charge on any atom is 0.392 e. The number of halogens is 3. The first-order chi connectivity index (χ1) is 7.82. The summed E-state index contributed by atoms with van der Waals surface area (Å²) >= 11 is 0. The second kappa shape index (κ2) is 5.89. The Labute approximate surface area is 101 Å². The summed E-state index contributed by atoms with van der Waals surface area (Å²) in [7, 11) is 0. The highest BCUT2D eigenvalue weighted by atomic mass is 19.4. The van der Waals surface area contributed by atoms with Crippen molar-refractivity contribution in [1.82, 2.24) is 0 Å². The van der Waals surface area contributed by atoms with E-state index in [2.05, 4.69) is 6.58 Å². The van der Waals surface area contributed by atoms with Crippen LogP contribution in [0.2, 0.25) is 0 Å². The van der Waals surface area contributed by atoms with Crippen LogP contribution in [0.15, 0.2) is 12.2 Å².